The van der Waals surface area contributed by atoms with Crippen LogP contribution in [0.25, 0.3) is 0 Å². The van der Waals surface area contributed by atoms with E-state index in [1.54, 1.807) is 0 Å². The maximum atomic E-state index is 12.3. The van der Waals surface area contributed by atoms with Crippen molar-refractivity contribution in [2.75, 3.05) is 0 Å². The first-order chi connectivity index (χ1) is 8.99. The molecule has 0 aliphatic carbocycles. The Kier molecular flexibility index (Phi) is 4.70. The molecule has 0 amide bonds. The van der Waals surface area contributed by atoms with E-state index in [9.17, 15) is 26.4 Å². The Morgan fingerprint density at radius 3 is 2.35 bits per heavy atom. The largest absolute Gasteiger partial charge is 0.534 e. The van der Waals surface area contributed by atoms with Crippen molar-refractivity contribution in [3.8, 4) is 5.75 Å². The minimum atomic E-state index is -5.84. The number of halogens is 4. The molecular weight excluding hydrogens is 321 g/mol. The van der Waals surface area contributed by atoms with Gasteiger partial charge in [-0.25, -0.2) is 0 Å². The molecule has 0 radical (unpaired) electrons. The van der Waals surface area contributed by atoms with Crippen LogP contribution in [-0.4, -0.2) is 19.7 Å². The van der Waals surface area contributed by atoms with Crippen molar-refractivity contribution < 1.29 is 30.6 Å². The third-order valence-electron chi connectivity index (χ3n) is 2.37. The molecule has 0 saturated heterocycles. The minimum absolute atomic E-state index is 0.0399. The normalized spacial score (nSPS) is 12.3. The van der Waals surface area contributed by atoms with Crippen LogP contribution in [0.5, 0.6) is 5.75 Å². The van der Waals surface area contributed by atoms with Crippen LogP contribution in [0.3, 0.4) is 0 Å². The SMILES string of the molecule is CCC(=O)c1cc(Cl)c(C)cc1OS(=O)(=O)C(F)(F)F. The van der Waals surface area contributed by atoms with E-state index in [0.29, 0.717) is 0 Å². The summed E-state index contributed by atoms with van der Waals surface area (Å²) in [4.78, 5) is 11.6. The van der Waals surface area contributed by atoms with Gasteiger partial charge in [-0.3, -0.25) is 4.79 Å². The standard InChI is InChI=1S/C11H10ClF3O4S/c1-3-9(16)7-5-8(12)6(2)4-10(7)19-20(17,18)11(13,14)15/h4-5H,3H2,1-2H3. The summed E-state index contributed by atoms with van der Waals surface area (Å²) in [7, 11) is -5.84. The highest BCUT2D eigenvalue weighted by Gasteiger charge is 2.49. The quantitative estimate of drug-likeness (QED) is 0.482. The molecular formula is C11H10ClF3O4S. The summed E-state index contributed by atoms with van der Waals surface area (Å²) in [6.07, 6.45) is -0.0399. The Labute approximate surface area is 118 Å². The van der Waals surface area contributed by atoms with Crippen LogP contribution in [0.15, 0.2) is 12.1 Å². The van der Waals surface area contributed by atoms with Crippen molar-refractivity contribution in [3.63, 3.8) is 0 Å². The molecule has 20 heavy (non-hydrogen) atoms. The molecule has 0 aliphatic heterocycles. The van der Waals surface area contributed by atoms with Gasteiger partial charge in [-0.2, -0.15) is 21.6 Å². The first-order valence-electron chi connectivity index (χ1n) is 5.33. The summed E-state index contributed by atoms with van der Waals surface area (Å²) >= 11 is 5.77. The van der Waals surface area contributed by atoms with Crippen LogP contribution in [0.2, 0.25) is 5.02 Å². The van der Waals surface area contributed by atoms with Gasteiger partial charge < -0.3 is 4.18 Å². The number of rotatable bonds is 4. The number of hydrogen-bond acceptors (Lipinski definition) is 4. The summed E-state index contributed by atoms with van der Waals surface area (Å²) in [5.41, 5.74) is -5.60. The maximum Gasteiger partial charge on any atom is 0.534 e. The van der Waals surface area contributed by atoms with E-state index in [1.807, 2.05) is 0 Å². The van der Waals surface area contributed by atoms with E-state index in [-0.39, 0.29) is 22.6 Å². The number of carbonyl (C=O) groups is 1. The summed E-state index contributed by atoms with van der Waals surface area (Å²) in [5, 5.41) is 0.124. The van der Waals surface area contributed by atoms with Crippen molar-refractivity contribution in [2.24, 2.45) is 0 Å². The van der Waals surface area contributed by atoms with Crippen LogP contribution in [0.4, 0.5) is 13.2 Å². The van der Waals surface area contributed by atoms with Gasteiger partial charge in [-0.05, 0) is 24.6 Å². The predicted octanol–water partition coefficient (Wildman–Crippen LogP) is 3.47. The number of ketones is 1. The van der Waals surface area contributed by atoms with E-state index in [0.717, 1.165) is 12.1 Å². The molecule has 0 unspecified atom stereocenters. The third kappa shape index (κ3) is 3.43. The van der Waals surface area contributed by atoms with E-state index in [4.69, 9.17) is 11.6 Å². The topological polar surface area (TPSA) is 60.4 Å². The van der Waals surface area contributed by atoms with E-state index >= 15 is 0 Å². The van der Waals surface area contributed by atoms with Gasteiger partial charge in [0.25, 0.3) is 0 Å². The van der Waals surface area contributed by atoms with Crippen molar-refractivity contribution in [2.45, 2.75) is 25.8 Å². The molecule has 4 nitrogen and oxygen atoms in total. The number of benzene rings is 1. The monoisotopic (exact) mass is 330 g/mol. The molecule has 0 spiro atoms. The summed E-state index contributed by atoms with van der Waals surface area (Å²) in [6.45, 7) is 2.91. The van der Waals surface area contributed by atoms with Gasteiger partial charge in [0.1, 0.15) is 0 Å². The Balaban J connectivity index is 3.38. The summed E-state index contributed by atoms with van der Waals surface area (Å²) in [5.74, 6) is -1.27. The fourth-order valence-electron chi connectivity index (χ4n) is 1.30. The first-order valence-corrected chi connectivity index (χ1v) is 7.12. The predicted molar refractivity (Wildman–Crippen MR) is 66.4 cm³/mol. The fourth-order valence-corrected chi connectivity index (χ4v) is 1.93. The second-order valence-corrected chi connectivity index (χ2v) is 5.80. The Hall–Kier alpha value is -1.28. The zero-order valence-electron chi connectivity index (χ0n) is 10.4. The van der Waals surface area contributed by atoms with E-state index in [2.05, 4.69) is 4.18 Å². The Morgan fingerprint density at radius 2 is 1.90 bits per heavy atom. The number of hydrogen-bond donors (Lipinski definition) is 0. The van der Waals surface area contributed by atoms with Gasteiger partial charge in [0.2, 0.25) is 0 Å². The highest BCUT2D eigenvalue weighted by Crippen LogP contribution is 2.32. The Bertz CT molecular complexity index is 638. The molecule has 0 aromatic heterocycles. The average molecular weight is 331 g/mol. The highest BCUT2D eigenvalue weighted by atomic mass is 35.5. The zero-order valence-corrected chi connectivity index (χ0v) is 12.0. The molecule has 1 rings (SSSR count). The lowest BCUT2D eigenvalue weighted by atomic mass is 10.1. The second-order valence-electron chi connectivity index (χ2n) is 3.86. The number of Topliss-reactive ketones (excluding diaryl/α,β-unsaturated/α-hetero) is 1. The lowest BCUT2D eigenvalue weighted by Gasteiger charge is -2.13. The van der Waals surface area contributed by atoms with Crippen LogP contribution in [0.1, 0.15) is 29.3 Å². The van der Waals surface area contributed by atoms with Crippen LogP contribution in [0, 0.1) is 6.92 Å². The molecule has 9 heteroatoms. The van der Waals surface area contributed by atoms with Crippen LogP contribution < -0.4 is 4.18 Å². The smallest absolute Gasteiger partial charge is 0.375 e. The van der Waals surface area contributed by atoms with E-state index < -0.39 is 27.2 Å². The first kappa shape index (κ1) is 16.8. The molecule has 0 N–H and O–H groups in total. The van der Waals surface area contributed by atoms with Gasteiger partial charge >= 0.3 is 15.6 Å². The van der Waals surface area contributed by atoms with Crippen molar-refractivity contribution in [1.82, 2.24) is 0 Å². The molecule has 0 atom stereocenters. The fraction of sp³-hybridized carbons (Fsp3) is 0.364. The highest BCUT2D eigenvalue weighted by molar-refractivity contribution is 7.88. The molecule has 0 heterocycles. The lowest BCUT2D eigenvalue weighted by molar-refractivity contribution is -0.0500. The molecule has 112 valence electrons. The van der Waals surface area contributed by atoms with Gasteiger partial charge in [-0.1, -0.05) is 18.5 Å². The molecule has 1 aromatic rings. The number of carbonyl (C=O) groups excluding carboxylic acids is 1. The summed E-state index contributed by atoms with van der Waals surface area (Å²) in [6, 6.07) is 2.07. The molecule has 0 saturated carbocycles. The second kappa shape index (κ2) is 5.61. The van der Waals surface area contributed by atoms with Crippen LogP contribution >= 0.6 is 11.6 Å². The zero-order chi connectivity index (χ0) is 15.7. The van der Waals surface area contributed by atoms with Gasteiger partial charge in [-0.15, -0.1) is 0 Å². The van der Waals surface area contributed by atoms with Gasteiger partial charge in [0, 0.05) is 11.4 Å². The Morgan fingerprint density at radius 1 is 1.35 bits per heavy atom. The number of alkyl halides is 3. The van der Waals surface area contributed by atoms with Crippen LogP contribution in [-0.2, 0) is 10.1 Å². The molecule has 1 aromatic carbocycles. The van der Waals surface area contributed by atoms with Crippen molar-refractivity contribution in [3.05, 3.63) is 28.3 Å². The number of aryl methyl sites for hydroxylation is 1. The molecule has 0 bridgehead atoms. The third-order valence-corrected chi connectivity index (χ3v) is 3.74. The molecule has 0 aliphatic rings. The maximum absolute atomic E-state index is 12.3. The van der Waals surface area contributed by atoms with Gasteiger partial charge in [0.15, 0.2) is 11.5 Å². The van der Waals surface area contributed by atoms with E-state index in [1.165, 1.54) is 13.8 Å². The average Bonchev–Trinajstić information content (AvgIpc) is 2.30. The van der Waals surface area contributed by atoms with Crippen molar-refractivity contribution >= 4 is 27.5 Å². The summed E-state index contributed by atoms with van der Waals surface area (Å²) < 4.78 is 62.9. The minimum Gasteiger partial charge on any atom is -0.375 e. The lowest BCUT2D eigenvalue weighted by Crippen LogP contribution is -2.28. The molecule has 0 fully saturated rings. The van der Waals surface area contributed by atoms with Gasteiger partial charge in [0.05, 0.1) is 5.56 Å². The van der Waals surface area contributed by atoms with Crippen molar-refractivity contribution in [1.29, 1.82) is 0 Å².